The molecule has 0 fully saturated rings. The van der Waals surface area contributed by atoms with Crippen LogP contribution in [-0.4, -0.2) is 34.1 Å². The van der Waals surface area contributed by atoms with E-state index in [-0.39, 0.29) is 16.5 Å². The molecule has 0 aliphatic carbocycles. The lowest BCUT2D eigenvalue weighted by Gasteiger charge is -2.10. The van der Waals surface area contributed by atoms with Gasteiger partial charge in [-0.1, -0.05) is 0 Å². The highest BCUT2D eigenvalue weighted by molar-refractivity contribution is 6.31. The van der Waals surface area contributed by atoms with Crippen molar-refractivity contribution in [3.63, 3.8) is 0 Å². The Kier molecular flexibility index (Phi) is 4.05. The first-order valence-corrected chi connectivity index (χ1v) is 4.70. The van der Waals surface area contributed by atoms with E-state index in [9.17, 15) is 4.79 Å². The number of hydrogen-bond donors (Lipinski definition) is 1. The number of ether oxygens (including phenoxy) is 1. The minimum atomic E-state index is -0.593. The van der Waals surface area contributed by atoms with Crippen LogP contribution in [0.15, 0.2) is 0 Å². The molecule has 0 amide bonds. The highest BCUT2D eigenvalue weighted by atomic mass is 35.5. The monoisotopic (exact) mass is 250 g/mol. The van der Waals surface area contributed by atoms with Gasteiger partial charge in [0.05, 0.1) is 7.11 Å². The van der Waals surface area contributed by atoms with Crippen LogP contribution in [0.5, 0.6) is 0 Å². The van der Waals surface area contributed by atoms with Crippen LogP contribution in [0.3, 0.4) is 0 Å². The number of aromatic nitrogens is 3. The first kappa shape index (κ1) is 11.9. The minimum absolute atomic E-state index is 0.0467. The van der Waals surface area contributed by atoms with Crippen LogP contribution in [0.2, 0.25) is 10.6 Å². The third kappa shape index (κ3) is 3.49. The Morgan fingerprint density at radius 1 is 1.33 bits per heavy atom. The van der Waals surface area contributed by atoms with Crippen LogP contribution in [0.4, 0.5) is 5.95 Å². The zero-order valence-electron chi connectivity index (χ0n) is 7.99. The molecule has 0 aliphatic rings. The minimum Gasteiger partial charge on any atom is -0.467 e. The summed E-state index contributed by atoms with van der Waals surface area (Å²) in [5.41, 5.74) is 0. The predicted octanol–water partition coefficient (Wildman–Crippen LogP) is 1.15. The van der Waals surface area contributed by atoms with Crippen LogP contribution >= 0.6 is 23.2 Å². The molecule has 1 heterocycles. The average Bonchev–Trinajstić information content (AvgIpc) is 2.14. The molecule has 0 spiro atoms. The molecule has 6 nitrogen and oxygen atoms in total. The van der Waals surface area contributed by atoms with Crippen molar-refractivity contribution in [3.05, 3.63) is 10.6 Å². The Labute approximate surface area is 96.0 Å². The largest absolute Gasteiger partial charge is 0.467 e. The summed E-state index contributed by atoms with van der Waals surface area (Å²) in [6.45, 7) is 1.59. The molecule has 82 valence electrons. The summed E-state index contributed by atoms with van der Waals surface area (Å²) in [5, 5.41) is 2.58. The van der Waals surface area contributed by atoms with Gasteiger partial charge in [0, 0.05) is 0 Å². The molecule has 8 heteroatoms. The van der Waals surface area contributed by atoms with Crippen molar-refractivity contribution >= 4 is 35.1 Å². The van der Waals surface area contributed by atoms with Crippen molar-refractivity contribution in [3.8, 4) is 0 Å². The van der Waals surface area contributed by atoms with Crippen LogP contribution in [0.25, 0.3) is 0 Å². The molecule has 0 unspecified atom stereocenters. The Morgan fingerprint density at radius 3 is 2.33 bits per heavy atom. The zero-order valence-corrected chi connectivity index (χ0v) is 9.50. The number of nitrogens with one attached hydrogen (secondary N) is 1. The lowest BCUT2D eigenvalue weighted by Crippen LogP contribution is -2.28. The molecule has 0 saturated carbocycles. The summed E-state index contributed by atoms with van der Waals surface area (Å²) >= 11 is 11.1. The smallest absolute Gasteiger partial charge is 0.328 e. The van der Waals surface area contributed by atoms with Gasteiger partial charge in [-0.05, 0) is 30.1 Å². The second-order valence-corrected chi connectivity index (χ2v) is 3.26. The molecule has 0 aromatic carbocycles. The fourth-order valence-electron chi connectivity index (χ4n) is 0.820. The number of halogens is 2. The van der Waals surface area contributed by atoms with E-state index in [1.54, 1.807) is 6.92 Å². The van der Waals surface area contributed by atoms with E-state index in [0.717, 1.165) is 0 Å². The molecule has 0 radical (unpaired) electrons. The van der Waals surface area contributed by atoms with Crippen molar-refractivity contribution < 1.29 is 9.53 Å². The SMILES string of the molecule is COC(=O)[C@@H](C)Nc1nc(Cl)nc(Cl)n1. The van der Waals surface area contributed by atoms with Crippen LogP contribution in [0, 0.1) is 0 Å². The van der Waals surface area contributed by atoms with E-state index in [0.29, 0.717) is 0 Å². The molecule has 1 aromatic heterocycles. The number of carbonyl (C=O) groups excluding carboxylic acids is 1. The van der Waals surface area contributed by atoms with Gasteiger partial charge in [0.25, 0.3) is 0 Å². The Bertz CT molecular complexity index is 354. The second-order valence-electron chi connectivity index (χ2n) is 2.59. The highest BCUT2D eigenvalue weighted by Crippen LogP contribution is 2.10. The van der Waals surface area contributed by atoms with Gasteiger partial charge >= 0.3 is 5.97 Å². The molecular formula is C7H8Cl2N4O2. The molecular weight excluding hydrogens is 243 g/mol. The predicted molar refractivity (Wildman–Crippen MR) is 54.9 cm³/mol. The zero-order chi connectivity index (χ0) is 11.4. The van der Waals surface area contributed by atoms with Crippen LogP contribution in [-0.2, 0) is 9.53 Å². The summed E-state index contributed by atoms with van der Waals surface area (Å²) in [4.78, 5) is 22.1. The number of methoxy groups -OCH3 is 1. The topological polar surface area (TPSA) is 77.0 Å². The van der Waals surface area contributed by atoms with Gasteiger partial charge in [0.1, 0.15) is 6.04 Å². The maximum atomic E-state index is 11.1. The van der Waals surface area contributed by atoms with Crippen LogP contribution in [0.1, 0.15) is 6.92 Å². The van der Waals surface area contributed by atoms with Gasteiger partial charge < -0.3 is 10.1 Å². The van der Waals surface area contributed by atoms with Crippen molar-refractivity contribution in [1.82, 2.24) is 15.0 Å². The number of nitrogens with zero attached hydrogens (tertiary/aromatic N) is 3. The Morgan fingerprint density at radius 2 is 1.87 bits per heavy atom. The maximum Gasteiger partial charge on any atom is 0.328 e. The van der Waals surface area contributed by atoms with E-state index in [1.807, 2.05) is 0 Å². The van der Waals surface area contributed by atoms with E-state index in [4.69, 9.17) is 23.2 Å². The number of esters is 1. The van der Waals surface area contributed by atoms with E-state index in [2.05, 4.69) is 25.0 Å². The van der Waals surface area contributed by atoms with Crippen molar-refractivity contribution in [1.29, 1.82) is 0 Å². The standard InChI is InChI=1S/C7H8Cl2N4O2/c1-3(4(14)15-2)10-7-12-5(8)11-6(9)13-7/h3H,1-2H3,(H,10,11,12,13)/t3-/m1/s1. The second kappa shape index (κ2) is 5.09. The third-order valence-electron chi connectivity index (χ3n) is 1.48. The molecule has 1 N–H and O–H groups in total. The summed E-state index contributed by atoms with van der Waals surface area (Å²) in [6, 6.07) is -0.593. The maximum absolute atomic E-state index is 11.1. The van der Waals surface area contributed by atoms with E-state index >= 15 is 0 Å². The first-order chi connectivity index (χ1) is 7.02. The summed E-state index contributed by atoms with van der Waals surface area (Å²) in [7, 11) is 1.29. The van der Waals surface area contributed by atoms with Gasteiger partial charge in [-0.2, -0.15) is 15.0 Å². The first-order valence-electron chi connectivity index (χ1n) is 3.94. The molecule has 1 atom stereocenters. The fourth-order valence-corrected chi connectivity index (χ4v) is 1.18. The molecule has 0 aliphatic heterocycles. The van der Waals surface area contributed by atoms with E-state index in [1.165, 1.54) is 7.11 Å². The van der Waals surface area contributed by atoms with Crippen LogP contribution < -0.4 is 5.32 Å². The van der Waals surface area contributed by atoms with Crippen molar-refractivity contribution in [2.45, 2.75) is 13.0 Å². The summed E-state index contributed by atoms with van der Waals surface area (Å²) < 4.78 is 4.51. The fraction of sp³-hybridized carbons (Fsp3) is 0.429. The quantitative estimate of drug-likeness (QED) is 0.812. The van der Waals surface area contributed by atoms with Crippen molar-refractivity contribution in [2.24, 2.45) is 0 Å². The number of hydrogen-bond acceptors (Lipinski definition) is 6. The molecule has 15 heavy (non-hydrogen) atoms. The third-order valence-corrected chi connectivity index (χ3v) is 1.82. The van der Waals surface area contributed by atoms with Gasteiger partial charge in [0.2, 0.25) is 16.5 Å². The van der Waals surface area contributed by atoms with Gasteiger partial charge in [-0.3, -0.25) is 0 Å². The van der Waals surface area contributed by atoms with Gasteiger partial charge in [-0.25, -0.2) is 4.79 Å². The molecule has 0 bridgehead atoms. The number of anilines is 1. The molecule has 1 aromatic rings. The number of carbonyl (C=O) groups is 1. The Balaban J connectivity index is 2.76. The highest BCUT2D eigenvalue weighted by Gasteiger charge is 2.14. The average molecular weight is 251 g/mol. The lowest BCUT2D eigenvalue weighted by molar-refractivity contribution is -0.141. The normalized spacial score (nSPS) is 12.0. The van der Waals surface area contributed by atoms with Crippen molar-refractivity contribution in [2.75, 3.05) is 12.4 Å². The van der Waals surface area contributed by atoms with Gasteiger partial charge in [-0.15, -0.1) is 0 Å². The lowest BCUT2D eigenvalue weighted by atomic mass is 10.3. The van der Waals surface area contributed by atoms with Gasteiger partial charge in [0.15, 0.2) is 0 Å². The Hall–Kier alpha value is -1.14. The number of rotatable bonds is 3. The van der Waals surface area contributed by atoms with E-state index < -0.39 is 12.0 Å². The summed E-state index contributed by atoms with van der Waals surface area (Å²) in [5.74, 6) is -0.319. The molecule has 1 rings (SSSR count). The molecule has 0 saturated heterocycles. The summed E-state index contributed by atoms with van der Waals surface area (Å²) in [6.07, 6.45) is 0.